The summed E-state index contributed by atoms with van der Waals surface area (Å²) < 4.78 is 14.7. The first kappa shape index (κ1) is 27.2. The van der Waals surface area contributed by atoms with Crippen molar-refractivity contribution >= 4 is 24.0 Å². The maximum absolute atomic E-state index is 12.1. The van der Waals surface area contributed by atoms with Gasteiger partial charge in [0.2, 0.25) is 0 Å². The fourth-order valence-corrected chi connectivity index (χ4v) is 3.13. The summed E-state index contributed by atoms with van der Waals surface area (Å²) in [4.78, 5) is 24.0. The van der Waals surface area contributed by atoms with Crippen molar-refractivity contribution in [1.82, 2.24) is 0 Å². The van der Waals surface area contributed by atoms with Crippen LogP contribution < -0.4 is 0 Å². The Morgan fingerprint density at radius 3 is 1.86 bits per heavy atom. The molecule has 0 rings (SSSR count). The van der Waals surface area contributed by atoms with Gasteiger partial charge in [-0.1, -0.05) is 83.1 Å². The largest absolute Gasteiger partial charge is 0.466 e. The molecule has 166 valence electrons. The molecule has 0 spiro atoms. The molecular weight excluding hydrogens is 384 g/mol. The molecule has 0 heterocycles. The second-order valence-corrected chi connectivity index (χ2v) is 7.75. The lowest BCUT2D eigenvalue weighted by atomic mass is 10.1. The molecule has 1 atom stereocenters. The van der Waals surface area contributed by atoms with E-state index in [9.17, 15) is 9.59 Å². The third kappa shape index (κ3) is 17.3. The SMILES string of the molecule is CCCCCCCCCCOC(=O)CC(SOOO)C(=O)OCCCCCC. The predicted octanol–water partition coefficient (Wildman–Crippen LogP) is 5.62. The van der Waals surface area contributed by atoms with Crippen molar-refractivity contribution in [3.63, 3.8) is 0 Å². The highest BCUT2D eigenvalue weighted by Gasteiger charge is 2.26. The average Bonchev–Trinajstić information content (AvgIpc) is 2.69. The number of carbonyl (C=O) groups excluding carboxylic acids is 2. The molecule has 0 aromatic rings. The average molecular weight is 423 g/mol. The summed E-state index contributed by atoms with van der Waals surface area (Å²) >= 11 is 0.535. The zero-order valence-electron chi connectivity index (χ0n) is 17.5. The van der Waals surface area contributed by atoms with Crippen LogP contribution in [-0.4, -0.2) is 35.7 Å². The minimum absolute atomic E-state index is 0.196. The van der Waals surface area contributed by atoms with E-state index in [1.54, 1.807) is 0 Å². The van der Waals surface area contributed by atoms with Crippen LogP contribution in [0.15, 0.2) is 0 Å². The van der Waals surface area contributed by atoms with E-state index in [-0.39, 0.29) is 6.42 Å². The Balaban J connectivity index is 3.93. The summed E-state index contributed by atoms with van der Waals surface area (Å²) in [7, 11) is 0. The van der Waals surface area contributed by atoms with Gasteiger partial charge in [0.1, 0.15) is 5.25 Å². The highest BCUT2D eigenvalue weighted by Crippen LogP contribution is 2.19. The first-order chi connectivity index (χ1) is 13.7. The molecule has 0 aliphatic heterocycles. The summed E-state index contributed by atoms with van der Waals surface area (Å²) in [5.41, 5.74) is 0. The van der Waals surface area contributed by atoms with Gasteiger partial charge in [-0.25, -0.2) is 5.26 Å². The van der Waals surface area contributed by atoms with Crippen LogP contribution in [0.2, 0.25) is 0 Å². The van der Waals surface area contributed by atoms with E-state index in [1.165, 1.54) is 32.1 Å². The fraction of sp³-hybridized carbons (Fsp3) is 0.900. The summed E-state index contributed by atoms with van der Waals surface area (Å²) in [6, 6.07) is 0. The van der Waals surface area contributed by atoms with Crippen LogP contribution in [0.4, 0.5) is 0 Å². The minimum atomic E-state index is -0.940. The number of unbranched alkanes of at least 4 members (excludes halogenated alkanes) is 10. The molecule has 8 heteroatoms. The maximum atomic E-state index is 12.1. The predicted molar refractivity (Wildman–Crippen MR) is 109 cm³/mol. The topological polar surface area (TPSA) is 91.3 Å². The smallest absolute Gasteiger partial charge is 0.322 e. The zero-order chi connectivity index (χ0) is 20.9. The van der Waals surface area contributed by atoms with Crippen LogP contribution in [0.3, 0.4) is 0 Å². The van der Waals surface area contributed by atoms with Crippen LogP contribution in [0, 0.1) is 0 Å². The van der Waals surface area contributed by atoms with Gasteiger partial charge in [0.15, 0.2) is 0 Å². The number of esters is 2. The van der Waals surface area contributed by atoms with E-state index >= 15 is 0 Å². The van der Waals surface area contributed by atoms with Crippen molar-refractivity contribution in [2.75, 3.05) is 13.2 Å². The van der Waals surface area contributed by atoms with E-state index in [4.69, 9.17) is 14.7 Å². The number of ether oxygens (including phenoxy) is 2. The lowest BCUT2D eigenvalue weighted by molar-refractivity contribution is -0.432. The van der Waals surface area contributed by atoms with Gasteiger partial charge in [-0.2, -0.15) is 0 Å². The summed E-state index contributed by atoms with van der Waals surface area (Å²) in [6.45, 7) is 4.94. The molecule has 0 aromatic carbocycles. The number of rotatable bonds is 20. The molecule has 28 heavy (non-hydrogen) atoms. The molecule has 1 unspecified atom stereocenters. The standard InChI is InChI=1S/C20H38O7S/c1-3-5-7-9-10-11-12-14-15-24-19(21)17-18(28-27-26-23)20(22)25-16-13-8-6-4-2/h18,23H,3-17H2,1-2H3. The minimum Gasteiger partial charge on any atom is -0.466 e. The van der Waals surface area contributed by atoms with Gasteiger partial charge in [-0.15, -0.1) is 4.33 Å². The highest BCUT2D eigenvalue weighted by atomic mass is 32.2. The van der Waals surface area contributed by atoms with Gasteiger partial charge in [-0.05, 0) is 12.8 Å². The van der Waals surface area contributed by atoms with Crippen LogP contribution in [0.1, 0.15) is 97.3 Å². The molecular formula is C20H38O7S. The molecule has 0 saturated carbocycles. The van der Waals surface area contributed by atoms with E-state index in [0.717, 1.165) is 44.9 Å². The Morgan fingerprint density at radius 2 is 1.29 bits per heavy atom. The molecule has 0 aliphatic carbocycles. The highest BCUT2D eigenvalue weighted by molar-refractivity contribution is 7.95. The molecule has 0 amide bonds. The Hall–Kier alpha value is -0.830. The van der Waals surface area contributed by atoms with Crippen LogP contribution >= 0.6 is 12.0 Å². The zero-order valence-corrected chi connectivity index (χ0v) is 18.3. The van der Waals surface area contributed by atoms with Gasteiger partial charge in [-0.3, -0.25) is 9.59 Å². The molecule has 0 aliphatic rings. The van der Waals surface area contributed by atoms with E-state index in [2.05, 4.69) is 23.2 Å². The van der Waals surface area contributed by atoms with Gasteiger partial charge in [0, 0.05) is 0 Å². The van der Waals surface area contributed by atoms with E-state index in [1.807, 2.05) is 0 Å². The van der Waals surface area contributed by atoms with Gasteiger partial charge in [0.25, 0.3) is 0 Å². The second kappa shape index (κ2) is 20.9. The van der Waals surface area contributed by atoms with Gasteiger partial charge < -0.3 is 9.47 Å². The number of carbonyl (C=O) groups is 2. The molecule has 0 aromatic heterocycles. The Morgan fingerprint density at radius 1 is 0.786 bits per heavy atom. The normalized spacial score (nSPS) is 12.0. The van der Waals surface area contributed by atoms with Crippen molar-refractivity contribution in [3.8, 4) is 0 Å². The lowest BCUT2D eigenvalue weighted by Gasteiger charge is -2.13. The van der Waals surface area contributed by atoms with Crippen LogP contribution in [0.5, 0.6) is 0 Å². The summed E-state index contributed by atoms with van der Waals surface area (Å²) in [6.07, 6.45) is 13.0. The summed E-state index contributed by atoms with van der Waals surface area (Å²) in [5, 5.41) is 10.9. The monoisotopic (exact) mass is 422 g/mol. The van der Waals surface area contributed by atoms with Crippen molar-refractivity contribution in [3.05, 3.63) is 0 Å². The summed E-state index contributed by atoms with van der Waals surface area (Å²) in [5.74, 6) is -1.08. The van der Waals surface area contributed by atoms with Crippen LogP contribution in [0.25, 0.3) is 0 Å². The van der Waals surface area contributed by atoms with Gasteiger partial charge in [0.05, 0.1) is 31.7 Å². The third-order valence-corrected chi connectivity index (χ3v) is 5.03. The number of hydrogen-bond acceptors (Lipinski definition) is 8. The molecule has 1 N–H and O–H groups in total. The third-order valence-electron chi connectivity index (χ3n) is 4.30. The first-order valence-corrected chi connectivity index (χ1v) is 11.4. The van der Waals surface area contributed by atoms with Crippen molar-refractivity contribution in [1.29, 1.82) is 0 Å². The van der Waals surface area contributed by atoms with Crippen molar-refractivity contribution in [2.45, 2.75) is 103 Å². The quantitative estimate of drug-likeness (QED) is 0.0888. The fourth-order valence-electron chi connectivity index (χ4n) is 2.65. The maximum Gasteiger partial charge on any atom is 0.322 e. The Labute approximate surface area is 173 Å². The van der Waals surface area contributed by atoms with E-state index in [0.29, 0.717) is 25.3 Å². The number of hydrogen-bond donors (Lipinski definition) is 1. The molecule has 0 radical (unpaired) electrons. The van der Waals surface area contributed by atoms with E-state index < -0.39 is 17.2 Å². The van der Waals surface area contributed by atoms with Crippen LogP contribution in [-0.2, 0) is 28.4 Å². The second-order valence-electron chi connectivity index (χ2n) is 6.86. The molecule has 0 saturated heterocycles. The first-order valence-electron chi connectivity index (χ1n) is 10.6. The molecule has 7 nitrogen and oxygen atoms in total. The molecule has 0 bridgehead atoms. The Kier molecular flexibility index (Phi) is 20.3. The lowest BCUT2D eigenvalue weighted by Crippen LogP contribution is -2.25. The Bertz CT molecular complexity index is 380. The van der Waals surface area contributed by atoms with Gasteiger partial charge >= 0.3 is 11.9 Å². The van der Waals surface area contributed by atoms with Crippen molar-refractivity contribution < 1.29 is 33.7 Å². The van der Waals surface area contributed by atoms with Crippen molar-refractivity contribution in [2.24, 2.45) is 0 Å². The molecule has 0 fully saturated rings.